The number of aliphatic hydroxyl groups is 1. The van der Waals surface area contributed by atoms with Crippen molar-refractivity contribution in [2.45, 2.75) is 13.0 Å². The van der Waals surface area contributed by atoms with Gasteiger partial charge in [0, 0.05) is 10.0 Å². The molecule has 0 radical (unpaired) electrons. The maximum absolute atomic E-state index is 13.8. The minimum absolute atomic E-state index is 0.0997. The Labute approximate surface area is 123 Å². The SMILES string of the molecule is Cc1cc(F)c(C(O)c2ccc(Cl)c(Br)c2)cc1F. The predicted octanol–water partition coefficient (Wildman–Crippen LogP) is 4.77. The van der Waals surface area contributed by atoms with Crippen molar-refractivity contribution >= 4 is 27.5 Å². The first-order chi connectivity index (χ1) is 8.90. The molecule has 0 fully saturated rings. The minimum atomic E-state index is -1.25. The average molecular weight is 348 g/mol. The van der Waals surface area contributed by atoms with E-state index in [4.69, 9.17) is 11.6 Å². The van der Waals surface area contributed by atoms with Crippen molar-refractivity contribution in [3.8, 4) is 0 Å². The molecule has 1 unspecified atom stereocenters. The van der Waals surface area contributed by atoms with Gasteiger partial charge in [-0.25, -0.2) is 8.78 Å². The fraction of sp³-hybridized carbons (Fsp3) is 0.143. The molecule has 2 aromatic rings. The Morgan fingerprint density at radius 2 is 1.84 bits per heavy atom. The van der Waals surface area contributed by atoms with Gasteiger partial charge in [0.2, 0.25) is 0 Å². The van der Waals surface area contributed by atoms with E-state index < -0.39 is 17.7 Å². The summed E-state index contributed by atoms with van der Waals surface area (Å²) in [5, 5.41) is 10.6. The van der Waals surface area contributed by atoms with Crippen molar-refractivity contribution in [1.29, 1.82) is 0 Å². The van der Waals surface area contributed by atoms with Gasteiger partial charge in [-0.1, -0.05) is 17.7 Å². The largest absolute Gasteiger partial charge is 0.384 e. The van der Waals surface area contributed by atoms with Crippen LogP contribution >= 0.6 is 27.5 Å². The Balaban J connectivity index is 2.46. The maximum Gasteiger partial charge on any atom is 0.129 e. The second-order valence-electron chi connectivity index (χ2n) is 4.20. The molecule has 1 atom stereocenters. The molecule has 100 valence electrons. The second-order valence-corrected chi connectivity index (χ2v) is 5.46. The number of hydrogen-bond acceptors (Lipinski definition) is 1. The molecule has 0 spiro atoms. The van der Waals surface area contributed by atoms with Gasteiger partial charge >= 0.3 is 0 Å². The molecule has 0 saturated heterocycles. The number of aliphatic hydroxyl groups excluding tert-OH is 1. The molecule has 19 heavy (non-hydrogen) atoms. The van der Waals surface area contributed by atoms with Crippen molar-refractivity contribution in [2.24, 2.45) is 0 Å². The Hall–Kier alpha value is -0.970. The highest BCUT2D eigenvalue weighted by molar-refractivity contribution is 9.10. The highest BCUT2D eigenvalue weighted by Gasteiger charge is 2.18. The summed E-state index contributed by atoms with van der Waals surface area (Å²) in [4.78, 5) is 0. The summed E-state index contributed by atoms with van der Waals surface area (Å²) in [6.45, 7) is 1.47. The molecular formula is C14H10BrClF2O. The maximum atomic E-state index is 13.8. The van der Waals surface area contributed by atoms with Gasteiger partial charge in [0.05, 0.1) is 5.02 Å². The van der Waals surface area contributed by atoms with Crippen LogP contribution in [0.3, 0.4) is 0 Å². The summed E-state index contributed by atoms with van der Waals surface area (Å²) in [5.41, 5.74) is 0.529. The van der Waals surface area contributed by atoms with Gasteiger partial charge in [-0.05, 0) is 58.2 Å². The van der Waals surface area contributed by atoms with Crippen molar-refractivity contribution in [3.05, 3.63) is 68.2 Å². The zero-order chi connectivity index (χ0) is 14.2. The highest BCUT2D eigenvalue weighted by Crippen LogP contribution is 2.30. The lowest BCUT2D eigenvalue weighted by Crippen LogP contribution is -2.04. The van der Waals surface area contributed by atoms with E-state index in [1.165, 1.54) is 6.92 Å². The summed E-state index contributed by atoms with van der Waals surface area (Å²) >= 11 is 9.07. The number of hydrogen-bond donors (Lipinski definition) is 1. The van der Waals surface area contributed by atoms with Gasteiger partial charge in [-0.3, -0.25) is 0 Å². The van der Waals surface area contributed by atoms with E-state index >= 15 is 0 Å². The van der Waals surface area contributed by atoms with E-state index in [-0.39, 0.29) is 11.1 Å². The summed E-state index contributed by atoms with van der Waals surface area (Å²) in [6.07, 6.45) is -1.25. The summed E-state index contributed by atoms with van der Waals surface area (Å²) < 4.78 is 27.8. The van der Waals surface area contributed by atoms with Gasteiger partial charge in [-0.15, -0.1) is 0 Å². The zero-order valence-electron chi connectivity index (χ0n) is 9.92. The first kappa shape index (κ1) is 14.4. The molecule has 2 rings (SSSR count). The topological polar surface area (TPSA) is 20.2 Å². The van der Waals surface area contributed by atoms with Gasteiger partial charge in [0.1, 0.15) is 17.7 Å². The van der Waals surface area contributed by atoms with Crippen LogP contribution in [-0.4, -0.2) is 5.11 Å². The normalized spacial score (nSPS) is 12.5. The van der Waals surface area contributed by atoms with Crippen molar-refractivity contribution in [1.82, 2.24) is 0 Å². The van der Waals surface area contributed by atoms with Crippen LogP contribution in [0.4, 0.5) is 8.78 Å². The molecule has 0 aliphatic rings. The third kappa shape index (κ3) is 2.96. The smallest absolute Gasteiger partial charge is 0.129 e. The Morgan fingerprint density at radius 3 is 2.47 bits per heavy atom. The van der Waals surface area contributed by atoms with Crippen molar-refractivity contribution < 1.29 is 13.9 Å². The molecule has 1 N–H and O–H groups in total. The van der Waals surface area contributed by atoms with E-state index in [1.807, 2.05) is 0 Å². The lowest BCUT2D eigenvalue weighted by molar-refractivity contribution is 0.214. The third-order valence-electron chi connectivity index (χ3n) is 2.83. The summed E-state index contributed by atoms with van der Waals surface area (Å²) in [6, 6.07) is 6.79. The molecule has 0 amide bonds. The Bertz CT molecular complexity index is 631. The third-order valence-corrected chi connectivity index (χ3v) is 4.05. The molecule has 0 aliphatic heterocycles. The van der Waals surface area contributed by atoms with E-state index in [0.717, 1.165) is 12.1 Å². The number of aryl methyl sites for hydroxylation is 1. The molecular weight excluding hydrogens is 338 g/mol. The zero-order valence-corrected chi connectivity index (χ0v) is 12.3. The van der Waals surface area contributed by atoms with Gasteiger partial charge in [0.25, 0.3) is 0 Å². The quantitative estimate of drug-likeness (QED) is 0.829. The molecule has 0 saturated carbocycles. The number of halogens is 4. The molecule has 2 aromatic carbocycles. The van der Waals surface area contributed by atoms with Gasteiger partial charge < -0.3 is 5.11 Å². The van der Waals surface area contributed by atoms with E-state index in [1.54, 1.807) is 18.2 Å². The minimum Gasteiger partial charge on any atom is -0.384 e. The van der Waals surface area contributed by atoms with Crippen LogP contribution in [0.5, 0.6) is 0 Å². The molecule has 0 aliphatic carbocycles. The van der Waals surface area contributed by atoms with Crippen molar-refractivity contribution in [3.63, 3.8) is 0 Å². The van der Waals surface area contributed by atoms with Crippen LogP contribution in [0, 0.1) is 18.6 Å². The Morgan fingerprint density at radius 1 is 1.16 bits per heavy atom. The first-order valence-corrected chi connectivity index (χ1v) is 6.66. The van der Waals surface area contributed by atoms with Crippen LogP contribution in [0.1, 0.15) is 22.8 Å². The van der Waals surface area contributed by atoms with E-state index in [0.29, 0.717) is 15.1 Å². The fourth-order valence-electron chi connectivity index (χ4n) is 1.73. The second kappa shape index (κ2) is 5.57. The number of rotatable bonds is 2. The lowest BCUT2D eigenvalue weighted by atomic mass is 9.99. The summed E-state index contributed by atoms with van der Waals surface area (Å²) in [7, 11) is 0. The average Bonchev–Trinajstić information content (AvgIpc) is 2.36. The monoisotopic (exact) mass is 346 g/mol. The molecule has 0 bridgehead atoms. The molecule has 5 heteroatoms. The van der Waals surface area contributed by atoms with Gasteiger partial charge in [-0.2, -0.15) is 0 Å². The van der Waals surface area contributed by atoms with Crippen LogP contribution in [0.2, 0.25) is 5.02 Å². The molecule has 1 nitrogen and oxygen atoms in total. The first-order valence-electron chi connectivity index (χ1n) is 5.48. The molecule has 0 heterocycles. The van der Waals surface area contributed by atoms with Crippen molar-refractivity contribution in [2.75, 3.05) is 0 Å². The fourth-order valence-corrected chi connectivity index (χ4v) is 2.25. The van der Waals surface area contributed by atoms with Crippen LogP contribution in [0.25, 0.3) is 0 Å². The molecule has 0 aromatic heterocycles. The predicted molar refractivity (Wildman–Crippen MR) is 74.3 cm³/mol. The standard InChI is InChI=1S/C14H10BrClF2O/c1-7-4-13(18)9(6-12(7)17)14(19)8-2-3-11(16)10(15)5-8/h2-6,14,19H,1H3. The van der Waals surface area contributed by atoms with Crippen LogP contribution < -0.4 is 0 Å². The van der Waals surface area contributed by atoms with E-state index in [9.17, 15) is 13.9 Å². The summed E-state index contributed by atoms with van der Waals surface area (Å²) in [5.74, 6) is -1.19. The van der Waals surface area contributed by atoms with Gasteiger partial charge in [0.15, 0.2) is 0 Å². The lowest BCUT2D eigenvalue weighted by Gasteiger charge is -2.14. The number of benzene rings is 2. The van der Waals surface area contributed by atoms with Crippen LogP contribution in [0.15, 0.2) is 34.8 Å². The van der Waals surface area contributed by atoms with Crippen LogP contribution in [-0.2, 0) is 0 Å². The van der Waals surface area contributed by atoms with E-state index in [2.05, 4.69) is 15.9 Å². The Kier molecular flexibility index (Phi) is 4.23. The highest BCUT2D eigenvalue weighted by atomic mass is 79.9.